The van der Waals surface area contributed by atoms with E-state index in [4.69, 9.17) is 4.74 Å². The number of rotatable bonds is 0. The second kappa shape index (κ2) is 2.73. The van der Waals surface area contributed by atoms with Gasteiger partial charge in [0.2, 0.25) is 0 Å². The van der Waals surface area contributed by atoms with Crippen molar-refractivity contribution < 1.29 is 4.74 Å². The van der Waals surface area contributed by atoms with Gasteiger partial charge in [0.25, 0.3) is 0 Å². The second-order valence-corrected chi connectivity index (χ2v) is 4.82. The summed E-state index contributed by atoms with van der Waals surface area (Å²) in [7, 11) is 0. The minimum Gasteiger partial charge on any atom is -0.378 e. The Bertz CT molecular complexity index is 158. The Morgan fingerprint density at radius 1 is 0.833 bits per heavy atom. The van der Waals surface area contributed by atoms with E-state index in [1.807, 2.05) is 0 Å². The van der Waals surface area contributed by atoms with E-state index in [0.717, 1.165) is 24.4 Å². The molecule has 4 atom stereocenters. The maximum absolute atomic E-state index is 5.87. The Kier molecular flexibility index (Phi) is 1.68. The molecule has 0 radical (unpaired) electrons. The van der Waals surface area contributed by atoms with Crippen LogP contribution in [0.2, 0.25) is 0 Å². The summed E-state index contributed by atoms with van der Waals surface area (Å²) in [6.07, 6.45) is 9.45. The van der Waals surface area contributed by atoms with Crippen molar-refractivity contribution in [2.75, 3.05) is 6.61 Å². The average molecular weight is 166 g/mol. The molecule has 68 valence electrons. The molecule has 3 fully saturated rings. The van der Waals surface area contributed by atoms with Crippen LogP contribution in [0.4, 0.5) is 0 Å². The number of hydrogen-bond donors (Lipinski definition) is 0. The maximum Gasteiger partial charge on any atom is 0.0634 e. The van der Waals surface area contributed by atoms with Gasteiger partial charge < -0.3 is 4.74 Å². The molecule has 1 nitrogen and oxygen atoms in total. The third-order valence-corrected chi connectivity index (χ3v) is 4.31. The van der Waals surface area contributed by atoms with Crippen molar-refractivity contribution >= 4 is 0 Å². The molecule has 2 aliphatic carbocycles. The zero-order valence-electron chi connectivity index (χ0n) is 7.67. The van der Waals surface area contributed by atoms with Crippen molar-refractivity contribution in [3.05, 3.63) is 0 Å². The highest BCUT2D eigenvalue weighted by Crippen LogP contribution is 2.48. The van der Waals surface area contributed by atoms with E-state index < -0.39 is 0 Å². The van der Waals surface area contributed by atoms with Crippen molar-refractivity contribution in [1.29, 1.82) is 0 Å². The van der Waals surface area contributed by atoms with Crippen LogP contribution < -0.4 is 0 Å². The molecule has 0 aromatic heterocycles. The first kappa shape index (κ1) is 7.37. The van der Waals surface area contributed by atoms with Crippen molar-refractivity contribution in [3.63, 3.8) is 0 Å². The van der Waals surface area contributed by atoms with Crippen molar-refractivity contribution in [2.45, 2.75) is 44.6 Å². The number of hydrogen-bond acceptors (Lipinski definition) is 1. The lowest BCUT2D eigenvalue weighted by molar-refractivity contribution is 0.00214. The predicted octanol–water partition coefficient (Wildman–Crippen LogP) is 2.60. The van der Waals surface area contributed by atoms with Crippen molar-refractivity contribution in [1.82, 2.24) is 0 Å². The molecule has 1 heterocycles. The van der Waals surface area contributed by atoms with Gasteiger partial charge in [0.1, 0.15) is 0 Å². The predicted molar refractivity (Wildman–Crippen MR) is 47.9 cm³/mol. The molecule has 0 N–H and O–H groups in total. The quantitative estimate of drug-likeness (QED) is 0.537. The van der Waals surface area contributed by atoms with E-state index >= 15 is 0 Å². The fourth-order valence-electron chi connectivity index (χ4n) is 3.72. The summed E-state index contributed by atoms with van der Waals surface area (Å²) in [6, 6.07) is 0. The molecule has 0 aromatic carbocycles. The van der Waals surface area contributed by atoms with Gasteiger partial charge in [-0.1, -0.05) is 12.8 Å². The van der Waals surface area contributed by atoms with Crippen LogP contribution in [0.25, 0.3) is 0 Å². The van der Waals surface area contributed by atoms with Gasteiger partial charge in [0.15, 0.2) is 0 Å². The molecule has 12 heavy (non-hydrogen) atoms. The summed E-state index contributed by atoms with van der Waals surface area (Å²) in [4.78, 5) is 0. The van der Waals surface area contributed by atoms with E-state index in [1.165, 1.54) is 38.5 Å². The molecule has 1 heteroatoms. The molecule has 2 saturated carbocycles. The second-order valence-electron chi connectivity index (χ2n) is 4.82. The largest absolute Gasteiger partial charge is 0.378 e. The molecule has 0 amide bonds. The highest BCUT2D eigenvalue weighted by Gasteiger charge is 2.44. The van der Waals surface area contributed by atoms with Crippen LogP contribution in [0.15, 0.2) is 0 Å². The summed E-state index contributed by atoms with van der Waals surface area (Å²) in [5.41, 5.74) is 0. The lowest BCUT2D eigenvalue weighted by atomic mass is 9.74. The SMILES string of the molecule is C1CC2CCC3CCOC3C2C1. The van der Waals surface area contributed by atoms with Gasteiger partial charge in [-0.3, -0.25) is 0 Å². The topological polar surface area (TPSA) is 9.23 Å². The Hall–Kier alpha value is -0.0400. The van der Waals surface area contributed by atoms with Gasteiger partial charge in [-0.2, -0.15) is 0 Å². The third kappa shape index (κ3) is 0.953. The summed E-state index contributed by atoms with van der Waals surface area (Å²) in [5, 5.41) is 0. The zero-order chi connectivity index (χ0) is 7.97. The van der Waals surface area contributed by atoms with E-state index in [1.54, 1.807) is 0 Å². The van der Waals surface area contributed by atoms with Crippen LogP contribution >= 0.6 is 0 Å². The fourth-order valence-corrected chi connectivity index (χ4v) is 3.72. The van der Waals surface area contributed by atoms with E-state index in [2.05, 4.69) is 0 Å². The molecule has 0 bridgehead atoms. The van der Waals surface area contributed by atoms with E-state index in [-0.39, 0.29) is 0 Å². The number of ether oxygens (including phenoxy) is 1. The highest BCUT2D eigenvalue weighted by atomic mass is 16.5. The van der Waals surface area contributed by atoms with E-state index in [9.17, 15) is 0 Å². The van der Waals surface area contributed by atoms with Crippen LogP contribution in [0.1, 0.15) is 38.5 Å². The first-order valence-corrected chi connectivity index (χ1v) is 5.57. The standard InChI is InChI=1S/C11H18O/c1-2-8-4-5-9-6-7-12-11(9)10(8)3-1/h8-11H,1-7H2. The molecule has 3 rings (SSSR count). The molecule has 1 aliphatic heterocycles. The Balaban J connectivity index is 1.81. The normalized spacial score (nSPS) is 52.0. The summed E-state index contributed by atoms with van der Waals surface area (Å²) in [5.74, 6) is 2.96. The van der Waals surface area contributed by atoms with Crippen molar-refractivity contribution in [2.24, 2.45) is 17.8 Å². The van der Waals surface area contributed by atoms with Gasteiger partial charge in [-0.25, -0.2) is 0 Å². The first-order valence-electron chi connectivity index (χ1n) is 5.57. The van der Waals surface area contributed by atoms with Crippen molar-refractivity contribution in [3.8, 4) is 0 Å². The Morgan fingerprint density at radius 3 is 2.75 bits per heavy atom. The lowest BCUT2D eigenvalue weighted by Crippen LogP contribution is -2.33. The maximum atomic E-state index is 5.87. The Morgan fingerprint density at radius 2 is 1.75 bits per heavy atom. The molecular formula is C11H18O. The van der Waals surface area contributed by atoms with Gasteiger partial charge in [0.05, 0.1) is 6.10 Å². The summed E-state index contributed by atoms with van der Waals surface area (Å²) in [6.45, 7) is 1.05. The third-order valence-electron chi connectivity index (χ3n) is 4.31. The van der Waals surface area contributed by atoms with Crippen LogP contribution in [0.3, 0.4) is 0 Å². The smallest absolute Gasteiger partial charge is 0.0634 e. The number of fused-ring (bicyclic) bond motifs is 3. The minimum absolute atomic E-state index is 0.686. The van der Waals surface area contributed by atoms with Gasteiger partial charge in [-0.15, -0.1) is 0 Å². The van der Waals surface area contributed by atoms with Crippen LogP contribution in [-0.2, 0) is 4.74 Å². The molecule has 3 aliphatic rings. The van der Waals surface area contributed by atoms with Crippen LogP contribution in [0, 0.1) is 17.8 Å². The first-order chi connectivity index (χ1) is 5.95. The molecule has 0 aromatic rings. The van der Waals surface area contributed by atoms with Crippen LogP contribution in [0.5, 0.6) is 0 Å². The van der Waals surface area contributed by atoms with E-state index in [0.29, 0.717) is 6.10 Å². The minimum atomic E-state index is 0.686. The molecule has 4 unspecified atom stereocenters. The van der Waals surface area contributed by atoms with Gasteiger partial charge in [0, 0.05) is 6.61 Å². The fraction of sp³-hybridized carbons (Fsp3) is 1.00. The Labute approximate surface area is 74.5 Å². The summed E-state index contributed by atoms with van der Waals surface area (Å²) >= 11 is 0. The van der Waals surface area contributed by atoms with Gasteiger partial charge >= 0.3 is 0 Å². The lowest BCUT2D eigenvalue weighted by Gasteiger charge is -2.35. The monoisotopic (exact) mass is 166 g/mol. The molecule has 0 spiro atoms. The molecular weight excluding hydrogens is 148 g/mol. The highest BCUT2D eigenvalue weighted by molar-refractivity contribution is 4.94. The summed E-state index contributed by atoms with van der Waals surface area (Å²) < 4.78 is 5.87. The van der Waals surface area contributed by atoms with Gasteiger partial charge in [-0.05, 0) is 43.4 Å². The molecule has 1 saturated heterocycles. The average Bonchev–Trinajstić information content (AvgIpc) is 2.71. The van der Waals surface area contributed by atoms with Crippen LogP contribution in [-0.4, -0.2) is 12.7 Å². The zero-order valence-corrected chi connectivity index (χ0v) is 7.67.